The van der Waals surface area contributed by atoms with Gasteiger partial charge in [0.25, 0.3) is 5.91 Å². The molecule has 6 N–H and O–H groups in total. The molecule has 0 aromatic carbocycles. The first-order valence-electron chi connectivity index (χ1n) is 4.94. The zero-order chi connectivity index (χ0) is 12.7. The van der Waals surface area contributed by atoms with E-state index in [2.05, 4.69) is 20.7 Å². The average Bonchev–Trinajstić information content (AvgIpc) is 2.62. The molecule has 17 heavy (non-hydrogen) atoms. The molecule has 1 amide bonds. The topological polar surface area (TPSA) is 120 Å². The van der Waals surface area contributed by atoms with Crippen LogP contribution in [0.1, 0.15) is 10.5 Å². The maximum absolute atomic E-state index is 11.7. The van der Waals surface area contributed by atoms with E-state index in [9.17, 15) is 4.79 Å². The number of hydrogen-bond donors (Lipinski definition) is 4. The highest BCUT2D eigenvalue weighted by atomic mass is 16.8. The third-order valence-corrected chi connectivity index (χ3v) is 2.00. The van der Waals surface area contributed by atoms with E-state index < -0.39 is 0 Å². The fourth-order valence-electron chi connectivity index (χ4n) is 1.27. The standard InChI is InChI=1S/C9H16N6O2/c1-15-5-7(10)4-8(15)9(16)13-3-2-12-6-14-17-11/h4-6H,2-3,10-11H2,1H3,(H,12,14)(H,13,16). The quantitative estimate of drug-likeness (QED) is 0.214. The summed E-state index contributed by atoms with van der Waals surface area (Å²) in [5.41, 5.74) is 8.87. The van der Waals surface area contributed by atoms with E-state index >= 15 is 0 Å². The highest BCUT2D eigenvalue weighted by Crippen LogP contribution is 2.07. The van der Waals surface area contributed by atoms with Crippen molar-refractivity contribution >= 4 is 17.9 Å². The van der Waals surface area contributed by atoms with Crippen molar-refractivity contribution < 1.29 is 9.73 Å². The second kappa shape index (κ2) is 6.51. The van der Waals surface area contributed by atoms with Gasteiger partial charge in [-0.1, -0.05) is 0 Å². The Morgan fingerprint density at radius 1 is 1.71 bits per heavy atom. The Morgan fingerprint density at radius 2 is 2.47 bits per heavy atom. The number of nitrogens with zero attached hydrogens (tertiary/aromatic N) is 2. The molecule has 0 atom stereocenters. The smallest absolute Gasteiger partial charge is 0.268 e. The van der Waals surface area contributed by atoms with Crippen LogP contribution in [0.2, 0.25) is 0 Å². The summed E-state index contributed by atoms with van der Waals surface area (Å²) in [5.74, 6) is 4.51. The third kappa shape index (κ3) is 4.13. The van der Waals surface area contributed by atoms with Gasteiger partial charge < -0.3 is 15.6 Å². The van der Waals surface area contributed by atoms with Gasteiger partial charge in [0.15, 0.2) is 0 Å². The maximum atomic E-state index is 11.7. The largest absolute Gasteiger partial charge is 0.397 e. The Bertz CT molecular complexity index is 400. The van der Waals surface area contributed by atoms with Crippen LogP contribution >= 0.6 is 0 Å². The Balaban J connectivity index is 2.33. The first-order valence-corrected chi connectivity index (χ1v) is 4.94. The van der Waals surface area contributed by atoms with Crippen molar-refractivity contribution in [3.05, 3.63) is 18.0 Å². The van der Waals surface area contributed by atoms with Crippen LogP contribution in [0.25, 0.3) is 0 Å². The normalized spacial score (nSPS) is 10.7. The van der Waals surface area contributed by atoms with Crippen LogP contribution in [-0.4, -0.2) is 29.9 Å². The molecule has 0 radical (unpaired) electrons. The second-order valence-corrected chi connectivity index (χ2v) is 3.30. The van der Waals surface area contributed by atoms with Gasteiger partial charge in [-0.05, 0) is 6.07 Å². The van der Waals surface area contributed by atoms with Crippen molar-refractivity contribution in [3.8, 4) is 0 Å². The van der Waals surface area contributed by atoms with Crippen LogP contribution < -0.4 is 22.4 Å². The van der Waals surface area contributed by atoms with Crippen LogP contribution in [0.15, 0.2) is 17.3 Å². The van der Waals surface area contributed by atoms with Crippen molar-refractivity contribution in [2.45, 2.75) is 0 Å². The van der Waals surface area contributed by atoms with Crippen LogP contribution in [0.5, 0.6) is 0 Å². The average molecular weight is 240 g/mol. The van der Waals surface area contributed by atoms with Crippen molar-refractivity contribution in [3.63, 3.8) is 0 Å². The van der Waals surface area contributed by atoms with Gasteiger partial charge >= 0.3 is 0 Å². The van der Waals surface area contributed by atoms with E-state index in [-0.39, 0.29) is 5.91 Å². The van der Waals surface area contributed by atoms with Gasteiger partial charge in [-0.15, -0.1) is 0 Å². The molecule has 8 nitrogen and oxygen atoms in total. The molecule has 0 aliphatic heterocycles. The predicted molar refractivity (Wildman–Crippen MR) is 63.9 cm³/mol. The number of nitrogens with two attached hydrogens (primary N) is 2. The van der Waals surface area contributed by atoms with E-state index in [0.717, 1.165) is 0 Å². The van der Waals surface area contributed by atoms with Gasteiger partial charge in [-0.3, -0.25) is 9.79 Å². The summed E-state index contributed by atoms with van der Waals surface area (Å²) < 4.78 is 1.66. The molecular formula is C9H16N6O2. The van der Waals surface area contributed by atoms with Gasteiger partial charge in [0.1, 0.15) is 12.0 Å². The highest BCUT2D eigenvalue weighted by molar-refractivity contribution is 5.93. The van der Waals surface area contributed by atoms with E-state index in [4.69, 9.17) is 11.6 Å². The van der Waals surface area contributed by atoms with Gasteiger partial charge in [0.2, 0.25) is 0 Å². The minimum absolute atomic E-state index is 0.192. The van der Waals surface area contributed by atoms with Crippen LogP contribution in [0.4, 0.5) is 5.69 Å². The molecule has 1 aromatic heterocycles. The molecule has 0 bridgehead atoms. The van der Waals surface area contributed by atoms with E-state index in [1.54, 1.807) is 23.9 Å². The lowest BCUT2D eigenvalue weighted by atomic mass is 10.4. The van der Waals surface area contributed by atoms with Crippen molar-refractivity contribution in [2.75, 3.05) is 18.8 Å². The molecule has 0 unspecified atom stereocenters. The lowest BCUT2D eigenvalue weighted by Gasteiger charge is -2.03. The molecule has 0 aliphatic carbocycles. The Kier molecular flexibility index (Phi) is 4.98. The molecule has 8 heteroatoms. The number of nitrogen functional groups attached to an aromatic ring is 1. The van der Waals surface area contributed by atoms with Gasteiger partial charge in [0, 0.05) is 19.8 Å². The number of aryl methyl sites for hydroxylation is 1. The zero-order valence-electron chi connectivity index (χ0n) is 9.51. The third-order valence-electron chi connectivity index (χ3n) is 2.00. The minimum atomic E-state index is -0.192. The van der Waals surface area contributed by atoms with Crippen LogP contribution in [0.3, 0.4) is 0 Å². The van der Waals surface area contributed by atoms with Crippen molar-refractivity contribution in [1.29, 1.82) is 0 Å². The summed E-state index contributed by atoms with van der Waals surface area (Å²) in [7, 11) is 1.76. The highest BCUT2D eigenvalue weighted by Gasteiger charge is 2.09. The molecule has 0 spiro atoms. The number of aromatic nitrogens is 1. The maximum Gasteiger partial charge on any atom is 0.268 e. The molecule has 0 saturated carbocycles. The summed E-state index contributed by atoms with van der Waals surface area (Å²) in [4.78, 5) is 19.6. The number of nitrogens with one attached hydrogen (secondary N) is 2. The molecule has 0 saturated heterocycles. The summed E-state index contributed by atoms with van der Waals surface area (Å²) in [6.07, 6.45) is 2.97. The SMILES string of the molecule is Cn1cc(N)cc1C(=O)NCCN=CNON. The number of carbonyl (C=O) groups excluding carboxylic acids is 1. The number of hydrogen-bond acceptors (Lipinski definition) is 5. The van der Waals surface area contributed by atoms with E-state index in [1.165, 1.54) is 6.34 Å². The van der Waals surface area contributed by atoms with E-state index in [1.807, 2.05) is 0 Å². The summed E-state index contributed by atoms with van der Waals surface area (Å²) in [6.45, 7) is 0.828. The minimum Gasteiger partial charge on any atom is -0.397 e. The zero-order valence-corrected chi connectivity index (χ0v) is 9.51. The van der Waals surface area contributed by atoms with Crippen LogP contribution in [0, 0.1) is 0 Å². The molecule has 1 rings (SSSR count). The number of carbonyl (C=O) groups is 1. The predicted octanol–water partition coefficient (Wildman–Crippen LogP) is -1.24. The molecule has 1 heterocycles. The van der Waals surface area contributed by atoms with Gasteiger partial charge in [-0.25, -0.2) is 5.48 Å². The summed E-state index contributed by atoms with van der Waals surface area (Å²) in [5, 5.41) is 2.70. The van der Waals surface area contributed by atoms with Crippen LogP contribution in [-0.2, 0) is 12.0 Å². The Labute approximate surface area is 98.5 Å². The number of rotatable bonds is 6. The number of aliphatic imine (C=N–C) groups is 1. The summed E-state index contributed by atoms with van der Waals surface area (Å²) >= 11 is 0. The van der Waals surface area contributed by atoms with Crippen molar-refractivity contribution in [1.82, 2.24) is 15.4 Å². The molecule has 1 aromatic rings. The van der Waals surface area contributed by atoms with E-state index in [0.29, 0.717) is 24.5 Å². The number of hydroxylamine groups is 1. The first kappa shape index (κ1) is 13.0. The van der Waals surface area contributed by atoms with Gasteiger partial charge in [0.05, 0.1) is 12.2 Å². The molecule has 94 valence electrons. The fourth-order valence-corrected chi connectivity index (χ4v) is 1.27. The molecule has 0 aliphatic rings. The Hall–Kier alpha value is -2.06. The lowest BCUT2D eigenvalue weighted by molar-refractivity contribution is 0.0899. The van der Waals surface area contributed by atoms with Crippen molar-refractivity contribution in [2.24, 2.45) is 17.9 Å². The summed E-state index contributed by atoms with van der Waals surface area (Å²) in [6, 6.07) is 1.61. The van der Waals surface area contributed by atoms with Gasteiger partial charge in [-0.2, -0.15) is 10.8 Å². The molecule has 0 fully saturated rings. The lowest BCUT2D eigenvalue weighted by Crippen LogP contribution is -2.28. The molecular weight excluding hydrogens is 224 g/mol. The second-order valence-electron chi connectivity index (χ2n) is 3.30. The number of anilines is 1. The first-order chi connectivity index (χ1) is 8.15. The Morgan fingerprint density at radius 3 is 3.06 bits per heavy atom. The monoisotopic (exact) mass is 240 g/mol. The fraction of sp³-hybridized carbons (Fsp3) is 0.333. The number of amides is 1.